The van der Waals surface area contributed by atoms with Crippen molar-refractivity contribution in [3.63, 3.8) is 0 Å². The van der Waals surface area contributed by atoms with E-state index >= 15 is 0 Å². The number of thiocarbonyl (C=S) groups is 1. The largest absolute Gasteiger partial charge is 0.361 e. The van der Waals surface area contributed by atoms with Gasteiger partial charge in [0.2, 0.25) is 5.11 Å². The van der Waals surface area contributed by atoms with E-state index in [9.17, 15) is 4.39 Å². The Morgan fingerprint density at radius 2 is 2.07 bits per heavy atom. The molecule has 0 saturated carbocycles. The number of hydrogen-bond donors (Lipinski definition) is 3. The van der Waals surface area contributed by atoms with E-state index in [0.717, 1.165) is 5.56 Å². The third kappa shape index (κ3) is 3.49. The molecule has 0 heterocycles. The molecule has 0 fully saturated rings. The van der Waals surface area contributed by atoms with Crippen molar-refractivity contribution < 1.29 is 9.49 Å². The molecule has 0 spiro atoms. The molecule has 0 unspecified atom stereocenters. The number of hydrazine groups is 1. The third-order valence-corrected chi connectivity index (χ3v) is 1.83. The van der Waals surface area contributed by atoms with E-state index in [1.54, 1.807) is 25.4 Å². The van der Waals surface area contributed by atoms with Crippen molar-refractivity contribution in [2.75, 3.05) is 7.05 Å². The minimum Gasteiger partial charge on any atom is -0.361 e. The van der Waals surface area contributed by atoms with Crippen molar-refractivity contribution in [3.05, 3.63) is 35.6 Å². The first-order valence-electron chi connectivity index (χ1n) is 4.04. The molecule has 1 rings (SSSR count). The van der Waals surface area contributed by atoms with Crippen LogP contribution in [0.25, 0.3) is 0 Å². The van der Waals surface area contributed by atoms with Crippen LogP contribution in [0.4, 0.5) is 4.39 Å². The van der Waals surface area contributed by atoms with E-state index in [1.807, 2.05) is 0 Å². The fraction of sp³-hybridized carbons (Fsp3) is 0.111. The molecular weight excluding hydrogens is 201 g/mol. The van der Waals surface area contributed by atoms with Crippen LogP contribution in [0.1, 0.15) is 5.56 Å². The lowest BCUT2D eigenvalue weighted by Crippen LogP contribution is -2.82. The van der Waals surface area contributed by atoms with Crippen LogP contribution in [0.2, 0.25) is 0 Å². The smallest absolute Gasteiger partial charge is 0.223 e. The number of benzene rings is 1. The van der Waals surface area contributed by atoms with Crippen molar-refractivity contribution in [3.8, 4) is 0 Å². The normalized spacial score (nSPS) is 10.1. The molecule has 1 aromatic rings. The summed E-state index contributed by atoms with van der Waals surface area (Å²) in [5, 5.41) is 6.00. The Hall–Kier alpha value is -1.49. The van der Waals surface area contributed by atoms with Gasteiger partial charge in [0.1, 0.15) is 5.82 Å². The van der Waals surface area contributed by atoms with Gasteiger partial charge in [-0.2, -0.15) is 0 Å². The van der Waals surface area contributed by atoms with Gasteiger partial charge in [0, 0.05) is 12.6 Å². The number of hydrazone groups is 1. The van der Waals surface area contributed by atoms with E-state index in [0.29, 0.717) is 5.11 Å². The number of nitrogens with one attached hydrogen (secondary N) is 3. The van der Waals surface area contributed by atoms with E-state index in [2.05, 4.69) is 15.8 Å². The minimum absolute atomic E-state index is 0.249. The number of halogens is 1. The van der Waals surface area contributed by atoms with E-state index < -0.39 is 0 Å². The fourth-order valence-corrected chi connectivity index (χ4v) is 0.865. The molecular formula is C9H11FN3S+. The Kier molecular flexibility index (Phi) is 4.00. The van der Waals surface area contributed by atoms with Crippen LogP contribution in [-0.4, -0.2) is 18.4 Å². The van der Waals surface area contributed by atoms with Gasteiger partial charge in [-0.05, 0) is 36.5 Å². The van der Waals surface area contributed by atoms with Crippen LogP contribution in [0.3, 0.4) is 0 Å². The summed E-state index contributed by atoms with van der Waals surface area (Å²) in [6, 6.07) is 6.10. The molecule has 3 nitrogen and oxygen atoms in total. The predicted octanol–water partition coefficient (Wildman–Crippen LogP) is -0.666. The monoisotopic (exact) mass is 212 g/mol. The SMILES string of the molecule is CNC(=S)N[NH+]=Cc1ccc(F)cc1. The highest BCUT2D eigenvalue weighted by Crippen LogP contribution is 1.97. The summed E-state index contributed by atoms with van der Waals surface area (Å²) in [5.41, 5.74) is 3.58. The van der Waals surface area contributed by atoms with Gasteiger partial charge in [-0.1, -0.05) is 0 Å². The average molecular weight is 212 g/mol. The summed E-state index contributed by atoms with van der Waals surface area (Å²) in [6.45, 7) is 0. The van der Waals surface area contributed by atoms with Gasteiger partial charge in [0.05, 0.1) is 0 Å². The predicted molar refractivity (Wildman–Crippen MR) is 57.3 cm³/mol. The molecule has 1 aromatic carbocycles. The second kappa shape index (κ2) is 5.29. The quantitative estimate of drug-likeness (QED) is 0.346. The van der Waals surface area contributed by atoms with Crippen molar-refractivity contribution in [1.82, 2.24) is 10.7 Å². The Bertz CT molecular complexity index is 334. The zero-order valence-electron chi connectivity index (χ0n) is 7.67. The third-order valence-electron chi connectivity index (χ3n) is 1.52. The molecule has 0 aliphatic rings. The van der Waals surface area contributed by atoms with Crippen LogP contribution in [0.15, 0.2) is 24.3 Å². The number of hydrogen-bond acceptors (Lipinski definition) is 1. The summed E-state index contributed by atoms with van der Waals surface area (Å²) < 4.78 is 12.5. The molecule has 0 amide bonds. The van der Waals surface area contributed by atoms with E-state index in [-0.39, 0.29) is 5.82 Å². The second-order valence-electron chi connectivity index (χ2n) is 2.54. The van der Waals surface area contributed by atoms with Crippen LogP contribution in [0, 0.1) is 5.82 Å². The molecule has 0 aromatic heterocycles. The van der Waals surface area contributed by atoms with Crippen LogP contribution in [-0.2, 0) is 0 Å². The first-order valence-corrected chi connectivity index (χ1v) is 4.45. The fourth-order valence-electron chi connectivity index (χ4n) is 0.806. The van der Waals surface area contributed by atoms with Gasteiger partial charge in [0.15, 0.2) is 6.21 Å². The van der Waals surface area contributed by atoms with Crippen LogP contribution in [0.5, 0.6) is 0 Å². The van der Waals surface area contributed by atoms with Gasteiger partial charge in [-0.25, -0.2) is 4.39 Å². The molecule has 5 heteroatoms. The summed E-state index contributed by atoms with van der Waals surface area (Å²) in [6.07, 6.45) is 1.68. The summed E-state index contributed by atoms with van der Waals surface area (Å²) in [4.78, 5) is 0. The standard InChI is InChI=1S/C9H10FN3S/c1-11-9(14)13-12-6-7-2-4-8(10)5-3-7/h2-6H,1H3,(H2,11,13,14)/p+1. The summed E-state index contributed by atoms with van der Waals surface area (Å²) in [5.74, 6) is -0.249. The lowest BCUT2D eigenvalue weighted by Gasteiger charge is -1.94. The lowest BCUT2D eigenvalue weighted by atomic mass is 10.2. The molecule has 74 valence electrons. The summed E-state index contributed by atoms with van der Waals surface area (Å²) in [7, 11) is 1.72. The molecule has 0 aliphatic heterocycles. The zero-order valence-corrected chi connectivity index (χ0v) is 8.49. The van der Waals surface area contributed by atoms with Crippen molar-refractivity contribution >= 4 is 23.5 Å². The zero-order chi connectivity index (χ0) is 10.4. The molecule has 14 heavy (non-hydrogen) atoms. The molecule has 0 bridgehead atoms. The maximum absolute atomic E-state index is 12.5. The highest BCUT2D eigenvalue weighted by Gasteiger charge is 1.93. The lowest BCUT2D eigenvalue weighted by molar-refractivity contribution is -0.500. The Balaban J connectivity index is 2.52. The Labute approximate surface area is 87.0 Å². The average Bonchev–Trinajstić information content (AvgIpc) is 2.21. The summed E-state index contributed by atoms with van der Waals surface area (Å²) >= 11 is 4.83. The number of rotatable bonds is 2. The van der Waals surface area contributed by atoms with E-state index in [1.165, 1.54) is 12.1 Å². The highest BCUT2D eigenvalue weighted by molar-refractivity contribution is 7.80. The van der Waals surface area contributed by atoms with Crippen LogP contribution < -0.4 is 15.8 Å². The minimum atomic E-state index is -0.249. The molecule has 3 N–H and O–H groups in total. The molecule has 0 radical (unpaired) electrons. The topological polar surface area (TPSA) is 38.0 Å². The first-order chi connectivity index (χ1) is 6.72. The van der Waals surface area contributed by atoms with Gasteiger partial charge in [-0.3, -0.25) is 0 Å². The van der Waals surface area contributed by atoms with Gasteiger partial charge < -0.3 is 5.32 Å². The molecule has 0 atom stereocenters. The maximum atomic E-state index is 12.5. The van der Waals surface area contributed by atoms with Crippen molar-refractivity contribution in [2.24, 2.45) is 0 Å². The van der Waals surface area contributed by atoms with Gasteiger partial charge in [-0.15, -0.1) is 10.5 Å². The van der Waals surface area contributed by atoms with Gasteiger partial charge >= 0.3 is 0 Å². The highest BCUT2D eigenvalue weighted by atomic mass is 32.1. The van der Waals surface area contributed by atoms with Crippen molar-refractivity contribution in [2.45, 2.75) is 0 Å². The van der Waals surface area contributed by atoms with Crippen molar-refractivity contribution in [1.29, 1.82) is 0 Å². The molecule has 0 saturated heterocycles. The first kappa shape index (κ1) is 10.6. The van der Waals surface area contributed by atoms with Crippen LogP contribution >= 0.6 is 12.2 Å². The Morgan fingerprint density at radius 1 is 1.43 bits per heavy atom. The maximum Gasteiger partial charge on any atom is 0.223 e. The Morgan fingerprint density at radius 3 is 2.64 bits per heavy atom. The van der Waals surface area contributed by atoms with E-state index in [4.69, 9.17) is 12.2 Å². The molecule has 0 aliphatic carbocycles. The second-order valence-corrected chi connectivity index (χ2v) is 2.95. The van der Waals surface area contributed by atoms with Gasteiger partial charge in [0.25, 0.3) is 0 Å².